The van der Waals surface area contributed by atoms with Crippen molar-refractivity contribution in [1.29, 1.82) is 5.26 Å². The Labute approximate surface area is 131 Å². The fourth-order valence-electron chi connectivity index (χ4n) is 1.39. The number of thioether (sulfide) groups is 1. The number of hydrogen-bond donors (Lipinski definition) is 3. The van der Waals surface area contributed by atoms with E-state index in [4.69, 9.17) is 10.4 Å². The van der Waals surface area contributed by atoms with Gasteiger partial charge in [-0.25, -0.2) is 14.8 Å². The van der Waals surface area contributed by atoms with E-state index in [9.17, 15) is 9.59 Å². The molecule has 0 saturated carbocycles. The number of nitriles is 1. The van der Waals surface area contributed by atoms with Crippen molar-refractivity contribution in [3.63, 3.8) is 0 Å². The average Bonchev–Trinajstić information content (AvgIpc) is 2.52. The fourth-order valence-corrected chi connectivity index (χ4v) is 1.86. The first-order chi connectivity index (χ1) is 10.6. The molecule has 1 aromatic heterocycles. The number of hydrogen-bond acceptors (Lipinski definition) is 7. The zero-order valence-electron chi connectivity index (χ0n) is 11.8. The molecule has 1 unspecified atom stereocenters. The number of anilines is 1. The van der Waals surface area contributed by atoms with Crippen LogP contribution in [-0.2, 0) is 9.59 Å². The van der Waals surface area contributed by atoms with Gasteiger partial charge in [-0.05, 0) is 24.5 Å². The van der Waals surface area contributed by atoms with Crippen molar-refractivity contribution in [3.05, 3.63) is 30.2 Å². The molecule has 0 bridgehead atoms. The largest absolute Gasteiger partial charge is 0.480 e. The molecule has 1 atom stereocenters. The van der Waals surface area contributed by atoms with Gasteiger partial charge >= 0.3 is 5.97 Å². The van der Waals surface area contributed by atoms with Crippen molar-refractivity contribution in [2.24, 2.45) is 0 Å². The standard InChI is InChI=1S/C13H15N5O3S/c1-22-6-3-10(12(20)21)18-11(19)9(7-14)8-17-13-15-4-2-5-16-13/h2,4-5,8,10H,3,6H2,1H3,(H,18,19)(H,20,21)(H,15,16,17)/b9-8-. The van der Waals surface area contributed by atoms with Crippen LogP contribution in [0.1, 0.15) is 6.42 Å². The molecule has 0 aromatic carbocycles. The molecule has 3 N–H and O–H groups in total. The van der Waals surface area contributed by atoms with Crippen molar-refractivity contribution < 1.29 is 14.7 Å². The van der Waals surface area contributed by atoms with E-state index in [1.54, 1.807) is 12.1 Å². The highest BCUT2D eigenvalue weighted by Crippen LogP contribution is 2.03. The smallest absolute Gasteiger partial charge is 0.326 e. The van der Waals surface area contributed by atoms with Crippen LogP contribution in [0, 0.1) is 11.3 Å². The van der Waals surface area contributed by atoms with E-state index >= 15 is 0 Å². The highest BCUT2D eigenvalue weighted by Gasteiger charge is 2.21. The van der Waals surface area contributed by atoms with Crippen molar-refractivity contribution in [1.82, 2.24) is 15.3 Å². The minimum atomic E-state index is -1.14. The number of carboxylic acids is 1. The Balaban J connectivity index is 2.71. The van der Waals surface area contributed by atoms with E-state index in [1.807, 2.05) is 6.26 Å². The number of nitrogens with zero attached hydrogens (tertiary/aromatic N) is 3. The number of aliphatic carboxylic acids is 1. The average molecular weight is 321 g/mol. The Hall–Kier alpha value is -2.60. The van der Waals surface area contributed by atoms with Crippen LogP contribution >= 0.6 is 11.8 Å². The maximum atomic E-state index is 11.9. The molecule has 0 radical (unpaired) electrons. The number of carbonyl (C=O) groups is 2. The number of amides is 1. The van der Waals surface area contributed by atoms with Gasteiger partial charge in [-0.3, -0.25) is 4.79 Å². The molecule has 22 heavy (non-hydrogen) atoms. The van der Waals surface area contributed by atoms with Crippen molar-refractivity contribution >= 4 is 29.6 Å². The third kappa shape index (κ3) is 5.80. The first-order valence-corrected chi connectivity index (χ1v) is 7.64. The van der Waals surface area contributed by atoms with Gasteiger partial charge in [-0.15, -0.1) is 0 Å². The lowest BCUT2D eigenvalue weighted by atomic mass is 10.2. The van der Waals surface area contributed by atoms with E-state index in [-0.39, 0.29) is 17.9 Å². The maximum Gasteiger partial charge on any atom is 0.326 e. The molecule has 0 fully saturated rings. The van der Waals surface area contributed by atoms with E-state index in [0.29, 0.717) is 5.75 Å². The SMILES string of the molecule is CSCCC(NC(=O)/C(C#N)=C\Nc1ncccn1)C(=O)O. The normalized spacial score (nSPS) is 12.1. The second-order valence-corrected chi connectivity index (χ2v) is 5.02. The van der Waals surface area contributed by atoms with Gasteiger partial charge in [0.05, 0.1) is 0 Å². The Bertz CT molecular complexity index is 585. The number of rotatable bonds is 8. The van der Waals surface area contributed by atoms with Gasteiger partial charge in [-0.1, -0.05) is 0 Å². The van der Waals surface area contributed by atoms with Crippen molar-refractivity contribution in [2.75, 3.05) is 17.3 Å². The fraction of sp³-hybridized carbons (Fsp3) is 0.308. The van der Waals surface area contributed by atoms with Crippen LogP contribution in [0.25, 0.3) is 0 Å². The van der Waals surface area contributed by atoms with Gasteiger partial charge in [0.25, 0.3) is 5.91 Å². The third-order valence-electron chi connectivity index (χ3n) is 2.49. The van der Waals surface area contributed by atoms with Crippen LogP contribution < -0.4 is 10.6 Å². The first kappa shape index (κ1) is 17.5. The molecule has 116 valence electrons. The van der Waals surface area contributed by atoms with Gasteiger partial charge in [0.2, 0.25) is 5.95 Å². The molecule has 1 aromatic rings. The molecule has 9 heteroatoms. The predicted molar refractivity (Wildman–Crippen MR) is 81.9 cm³/mol. The van der Waals surface area contributed by atoms with Crippen LogP contribution in [0.3, 0.4) is 0 Å². The number of aromatic nitrogens is 2. The number of carboxylic acid groups (broad SMARTS) is 1. The summed E-state index contributed by atoms with van der Waals surface area (Å²) in [6.07, 6.45) is 6.25. The van der Waals surface area contributed by atoms with Gasteiger partial charge in [0, 0.05) is 18.6 Å². The highest BCUT2D eigenvalue weighted by atomic mass is 32.2. The van der Waals surface area contributed by atoms with Crippen LogP contribution in [0.15, 0.2) is 30.2 Å². The zero-order valence-corrected chi connectivity index (χ0v) is 12.6. The molecule has 1 heterocycles. The van der Waals surface area contributed by atoms with E-state index < -0.39 is 17.9 Å². The summed E-state index contributed by atoms with van der Waals surface area (Å²) < 4.78 is 0. The summed E-state index contributed by atoms with van der Waals surface area (Å²) in [5.74, 6) is -1.10. The molecule has 1 amide bonds. The third-order valence-corrected chi connectivity index (χ3v) is 3.13. The van der Waals surface area contributed by atoms with Crippen LogP contribution in [0.5, 0.6) is 0 Å². The minimum Gasteiger partial charge on any atom is -0.480 e. The van der Waals surface area contributed by atoms with E-state index in [0.717, 1.165) is 6.20 Å². The molecule has 0 aliphatic heterocycles. The Morgan fingerprint density at radius 2 is 2.18 bits per heavy atom. The van der Waals surface area contributed by atoms with Crippen LogP contribution in [0.2, 0.25) is 0 Å². The molecular weight excluding hydrogens is 306 g/mol. The summed E-state index contributed by atoms with van der Waals surface area (Å²) in [5, 5.41) is 23.0. The predicted octanol–water partition coefficient (Wildman–Crippen LogP) is 0.618. The molecule has 0 spiro atoms. The van der Waals surface area contributed by atoms with Gasteiger partial charge in [-0.2, -0.15) is 17.0 Å². The maximum absolute atomic E-state index is 11.9. The second kappa shape index (κ2) is 9.36. The second-order valence-electron chi connectivity index (χ2n) is 4.03. The monoisotopic (exact) mass is 321 g/mol. The molecule has 0 aliphatic rings. The lowest BCUT2D eigenvalue weighted by molar-refractivity contribution is -0.141. The van der Waals surface area contributed by atoms with Crippen molar-refractivity contribution in [2.45, 2.75) is 12.5 Å². The van der Waals surface area contributed by atoms with E-state index in [2.05, 4.69) is 20.6 Å². The minimum absolute atomic E-state index is 0.222. The molecular formula is C13H15N5O3S. The molecule has 8 nitrogen and oxygen atoms in total. The lowest BCUT2D eigenvalue weighted by Crippen LogP contribution is -2.41. The Morgan fingerprint density at radius 1 is 1.50 bits per heavy atom. The molecule has 0 aliphatic carbocycles. The Morgan fingerprint density at radius 3 is 2.73 bits per heavy atom. The van der Waals surface area contributed by atoms with Crippen LogP contribution in [0.4, 0.5) is 5.95 Å². The van der Waals surface area contributed by atoms with Gasteiger partial charge in [0.1, 0.15) is 17.7 Å². The topological polar surface area (TPSA) is 128 Å². The first-order valence-electron chi connectivity index (χ1n) is 6.25. The highest BCUT2D eigenvalue weighted by molar-refractivity contribution is 7.98. The number of nitrogens with one attached hydrogen (secondary N) is 2. The summed E-state index contributed by atoms with van der Waals surface area (Å²) in [7, 11) is 0. The van der Waals surface area contributed by atoms with Crippen LogP contribution in [-0.4, -0.2) is 45.0 Å². The summed E-state index contributed by atoms with van der Waals surface area (Å²) >= 11 is 1.47. The zero-order chi connectivity index (χ0) is 16.4. The Kier molecular flexibility index (Phi) is 7.42. The molecule has 0 saturated heterocycles. The van der Waals surface area contributed by atoms with Gasteiger partial charge < -0.3 is 15.7 Å². The summed E-state index contributed by atoms with van der Waals surface area (Å²) in [6.45, 7) is 0. The molecule has 1 rings (SSSR count). The summed E-state index contributed by atoms with van der Waals surface area (Å²) in [5.41, 5.74) is -0.261. The summed E-state index contributed by atoms with van der Waals surface area (Å²) in [4.78, 5) is 30.7. The van der Waals surface area contributed by atoms with Gasteiger partial charge in [0.15, 0.2) is 0 Å². The van der Waals surface area contributed by atoms with Crippen molar-refractivity contribution in [3.8, 4) is 6.07 Å². The summed E-state index contributed by atoms with van der Waals surface area (Å²) in [6, 6.07) is 2.29. The quantitative estimate of drug-likeness (QED) is 0.469. The lowest BCUT2D eigenvalue weighted by Gasteiger charge is -2.13. The van der Waals surface area contributed by atoms with E-state index in [1.165, 1.54) is 24.2 Å². The number of carbonyl (C=O) groups excluding carboxylic acids is 1.